The molecule has 2 aromatic heterocycles. The Morgan fingerprint density at radius 3 is 2.15 bits per heavy atom. The highest BCUT2D eigenvalue weighted by Crippen LogP contribution is 2.40. The minimum absolute atomic E-state index is 0.688. The molecule has 6 rings (SSSR count). The van der Waals surface area contributed by atoms with E-state index in [0.717, 1.165) is 49.6 Å². The predicted octanol–water partition coefficient (Wildman–Crippen LogP) is 8.58. The van der Waals surface area contributed by atoms with E-state index in [1.807, 2.05) is 60.7 Å². The van der Waals surface area contributed by atoms with Crippen LogP contribution in [0.25, 0.3) is 42.9 Å². The van der Waals surface area contributed by atoms with Gasteiger partial charge in [-0.05, 0) is 30.3 Å². The highest BCUT2D eigenvalue weighted by Gasteiger charge is 2.17. The van der Waals surface area contributed by atoms with E-state index >= 15 is 0 Å². The van der Waals surface area contributed by atoms with Crippen LogP contribution in [0.3, 0.4) is 0 Å². The molecule has 4 aromatic carbocycles. The third-order valence-corrected chi connectivity index (χ3v) is 7.04. The Morgan fingerprint density at radius 1 is 0.697 bits per heavy atom. The van der Waals surface area contributed by atoms with Gasteiger partial charge in [0.25, 0.3) is 0 Å². The van der Waals surface area contributed by atoms with Crippen LogP contribution in [0, 0.1) is 0 Å². The number of nitrogens with one attached hydrogen (secondary N) is 1. The van der Waals surface area contributed by atoms with E-state index < -0.39 is 0 Å². The first kappa shape index (κ1) is 19.9. The van der Waals surface area contributed by atoms with Gasteiger partial charge in [0.2, 0.25) is 0 Å². The van der Waals surface area contributed by atoms with E-state index in [-0.39, 0.29) is 0 Å². The van der Waals surface area contributed by atoms with Gasteiger partial charge in [-0.25, -0.2) is 9.97 Å². The Labute approximate surface area is 200 Å². The molecular weight excluding hydrogens is 446 g/mol. The summed E-state index contributed by atoms with van der Waals surface area (Å²) in [5.41, 5.74) is 5.86. The van der Waals surface area contributed by atoms with Crippen molar-refractivity contribution in [2.75, 3.05) is 5.32 Å². The van der Waals surface area contributed by atoms with Crippen molar-refractivity contribution in [3.05, 3.63) is 108 Å². The lowest BCUT2D eigenvalue weighted by Gasteiger charge is -2.09. The number of aromatic nitrogens is 2. The molecule has 0 aliphatic rings. The number of hydrogen-bond acceptors (Lipinski definition) is 4. The molecule has 0 spiro atoms. The third-order valence-electron chi connectivity index (χ3n) is 5.54. The van der Waals surface area contributed by atoms with Crippen molar-refractivity contribution in [2.24, 2.45) is 0 Å². The lowest BCUT2D eigenvalue weighted by molar-refractivity contribution is 1.24. The van der Waals surface area contributed by atoms with E-state index in [1.54, 1.807) is 11.3 Å². The van der Waals surface area contributed by atoms with Crippen LogP contribution in [0.15, 0.2) is 103 Å². The first-order chi connectivity index (χ1) is 16.3. The van der Waals surface area contributed by atoms with Crippen LogP contribution in [0.5, 0.6) is 0 Å². The lowest BCUT2D eigenvalue weighted by Crippen LogP contribution is -1.93. The Balaban J connectivity index is 1.58. The first-order valence-corrected chi connectivity index (χ1v) is 11.8. The molecule has 1 N–H and O–H groups in total. The monoisotopic (exact) mass is 463 g/mol. The number of halogens is 1. The van der Waals surface area contributed by atoms with Gasteiger partial charge in [-0.2, -0.15) is 0 Å². The summed E-state index contributed by atoms with van der Waals surface area (Å²) >= 11 is 8.09. The molecule has 3 nitrogen and oxygen atoms in total. The summed E-state index contributed by atoms with van der Waals surface area (Å²) in [6.07, 6.45) is 0. The molecule has 0 saturated carbocycles. The molecule has 0 saturated heterocycles. The summed E-state index contributed by atoms with van der Waals surface area (Å²) in [5.74, 6) is 0.728. The topological polar surface area (TPSA) is 37.8 Å². The van der Waals surface area contributed by atoms with Gasteiger partial charge in [-0.1, -0.05) is 84.4 Å². The van der Waals surface area contributed by atoms with Crippen molar-refractivity contribution in [1.29, 1.82) is 0 Å². The average molecular weight is 464 g/mol. The summed E-state index contributed by atoms with van der Waals surface area (Å²) in [6.45, 7) is 0. The van der Waals surface area contributed by atoms with Crippen molar-refractivity contribution >= 4 is 54.6 Å². The molecule has 2 heterocycles. The number of thiophene rings is 1. The van der Waals surface area contributed by atoms with Crippen molar-refractivity contribution in [1.82, 2.24) is 9.97 Å². The van der Waals surface area contributed by atoms with Crippen LogP contribution < -0.4 is 5.32 Å². The smallest absolute Gasteiger partial charge is 0.160 e. The predicted molar refractivity (Wildman–Crippen MR) is 141 cm³/mol. The van der Waals surface area contributed by atoms with Crippen LogP contribution in [0.1, 0.15) is 0 Å². The Kier molecular flexibility index (Phi) is 5.02. The van der Waals surface area contributed by atoms with Gasteiger partial charge in [0.15, 0.2) is 5.82 Å². The van der Waals surface area contributed by atoms with Gasteiger partial charge in [-0.3, -0.25) is 0 Å². The summed E-state index contributed by atoms with van der Waals surface area (Å²) in [7, 11) is 0. The fraction of sp³-hybridized carbons (Fsp3) is 0. The van der Waals surface area contributed by atoms with Gasteiger partial charge >= 0.3 is 0 Å². The highest BCUT2D eigenvalue weighted by atomic mass is 35.5. The number of nitrogens with zero attached hydrogens (tertiary/aromatic N) is 2. The quantitative estimate of drug-likeness (QED) is 0.284. The fourth-order valence-corrected chi connectivity index (χ4v) is 5.26. The van der Waals surface area contributed by atoms with Gasteiger partial charge in [0.05, 0.1) is 26.6 Å². The molecule has 0 fully saturated rings. The largest absolute Gasteiger partial charge is 0.354 e. The van der Waals surface area contributed by atoms with Gasteiger partial charge < -0.3 is 5.32 Å². The number of para-hydroxylation sites is 1. The van der Waals surface area contributed by atoms with Crippen molar-refractivity contribution in [3.8, 4) is 22.6 Å². The van der Waals surface area contributed by atoms with Gasteiger partial charge in [-0.15, -0.1) is 11.3 Å². The van der Waals surface area contributed by atoms with Crippen LogP contribution in [-0.2, 0) is 0 Å². The van der Waals surface area contributed by atoms with Gasteiger partial charge in [0.1, 0.15) is 0 Å². The van der Waals surface area contributed by atoms with E-state index in [9.17, 15) is 0 Å². The molecule has 0 bridgehead atoms. The molecule has 0 aliphatic carbocycles. The van der Waals surface area contributed by atoms with Crippen molar-refractivity contribution < 1.29 is 0 Å². The highest BCUT2D eigenvalue weighted by molar-refractivity contribution is 7.26. The molecule has 33 heavy (non-hydrogen) atoms. The number of rotatable bonds is 4. The van der Waals surface area contributed by atoms with E-state index in [1.165, 1.54) is 4.70 Å². The second-order valence-electron chi connectivity index (χ2n) is 7.72. The zero-order valence-corrected chi connectivity index (χ0v) is 19.1. The maximum Gasteiger partial charge on any atom is 0.160 e. The summed E-state index contributed by atoms with van der Waals surface area (Å²) in [5, 5.41) is 5.23. The van der Waals surface area contributed by atoms with E-state index in [4.69, 9.17) is 21.6 Å². The maximum absolute atomic E-state index is 6.36. The Morgan fingerprint density at radius 2 is 1.39 bits per heavy atom. The molecule has 6 aromatic rings. The molecule has 0 amide bonds. The average Bonchev–Trinajstić information content (AvgIpc) is 3.24. The van der Waals surface area contributed by atoms with Crippen LogP contribution in [0.4, 0.5) is 11.4 Å². The van der Waals surface area contributed by atoms with Crippen molar-refractivity contribution in [2.45, 2.75) is 0 Å². The van der Waals surface area contributed by atoms with Crippen molar-refractivity contribution in [3.63, 3.8) is 0 Å². The third kappa shape index (κ3) is 3.74. The zero-order chi connectivity index (χ0) is 22.2. The second kappa shape index (κ2) is 8.32. The molecule has 5 heteroatoms. The normalized spacial score (nSPS) is 11.2. The lowest BCUT2D eigenvalue weighted by atomic mass is 10.1. The maximum atomic E-state index is 6.36. The minimum atomic E-state index is 0.688. The number of fused-ring (bicyclic) bond motifs is 3. The molecule has 0 radical (unpaired) electrons. The van der Waals surface area contributed by atoms with Gasteiger partial charge in [0, 0.05) is 26.9 Å². The van der Waals surface area contributed by atoms with E-state index in [2.05, 4.69) is 47.8 Å². The van der Waals surface area contributed by atoms with Crippen LogP contribution in [-0.4, -0.2) is 9.97 Å². The molecule has 0 unspecified atom stereocenters. The minimum Gasteiger partial charge on any atom is -0.354 e. The van der Waals surface area contributed by atoms with Crippen LogP contribution >= 0.6 is 22.9 Å². The Hall–Kier alpha value is -3.73. The van der Waals surface area contributed by atoms with E-state index in [0.29, 0.717) is 5.02 Å². The summed E-state index contributed by atoms with van der Waals surface area (Å²) in [6, 6.07) is 34.6. The molecular formula is C28H18ClN3S. The molecule has 158 valence electrons. The zero-order valence-electron chi connectivity index (χ0n) is 17.5. The standard InChI is InChI=1S/C28H18ClN3S/c29-22-13-7-8-14-23(22)30-20-15-16-24-21(17-20)26-27(33-24)25(18-9-3-1-4-10-18)31-28(32-26)19-11-5-2-6-12-19/h1-17,30H. The summed E-state index contributed by atoms with van der Waals surface area (Å²) < 4.78 is 2.26. The SMILES string of the molecule is Clc1ccccc1Nc1ccc2sc3c(-c4ccccc4)nc(-c4ccccc4)nc3c2c1. The first-order valence-electron chi connectivity index (χ1n) is 10.6. The Bertz CT molecular complexity index is 1590. The number of hydrogen-bond donors (Lipinski definition) is 1. The van der Waals surface area contributed by atoms with Crippen LogP contribution in [0.2, 0.25) is 5.02 Å². The molecule has 0 aliphatic heterocycles. The summed E-state index contributed by atoms with van der Waals surface area (Å²) in [4.78, 5) is 10.0. The second-order valence-corrected chi connectivity index (χ2v) is 9.18. The number of benzene rings is 4. The number of anilines is 2. The molecule has 0 atom stereocenters. The fourth-order valence-electron chi connectivity index (χ4n) is 3.95.